The Morgan fingerprint density at radius 1 is 1.33 bits per heavy atom. The molecular weight excluding hydrogens is 194 g/mol. The van der Waals surface area contributed by atoms with Crippen molar-refractivity contribution >= 4 is 0 Å². The van der Waals surface area contributed by atoms with Crippen LogP contribution in [0.25, 0.3) is 11.1 Å². The standard InChI is InChI=1S/C10H7N3O2/c14-10-9-7-4-2-1-3-6(7)5-8(9)11-12-13(10)15/h1-4,15H,5H2. The third-order valence-corrected chi connectivity index (χ3v) is 2.58. The molecule has 0 amide bonds. The van der Waals surface area contributed by atoms with Gasteiger partial charge in [0, 0.05) is 6.42 Å². The molecule has 0 radical (unpaired) electrons. The van der Waals surface area contributed by atoms with Gasteiger partial charge in [-0.2, -0.15) is 0 Å². The maximum absolute atomic E-state index is 11.6. The van der Waals surface area contributed by atoms with Gasteiger partial charge in [-0.25, -0.2) is 0 Å². The van der Waals surface area contributed by atoms with E-state index in [1.807, 2.05) is 24.3 Å². The Balaban J connectivity index is 2.41. The fourth-order valence-electron chi connectivity index (χ4n) is 1.90. The van der Waals surface area contributed by atoms with E-state index in [9.17, 15) is 4.79 Å². The molecule has 3 rings (SSSR count). The van der Waals surface area contributed by atoms with Gasteiger partial charge in [-0.1, -0.05) is 24.3 Å². The van der Waals surface area contributed by atoms with Gasteiger partial charge in [0.15, 0.2) is 0 Å². The zero-order valence-corrected chi connectivity index (χ0v) is 7.71. The molecule has 0 spiro atoms. The van der Waals surface area contributed by atoms with Gasteiger partial charge in [0.1, 0.15) is 0 Å². The van der Waals surface area contributed by atoms with E-state index in [-0.39, 0.29) is 4.85 Å². The normalized spacial score (nSPS) is 12.3. The first-order valence-corrected chi connectivity index (χ1v) is 4.54. The number of benzene rings is 1. The topological polar surface area (TPSA) is 68.0 Å². The largest absolute Gasteiger partial charge is 0.407 e. The highest BCUT2D eigenvalue weighted by Crippen LogP contribution is 2.31. The zero-order valence-electron chi connectivity index (χ0n) is 7.71. The minimum absolute atomic E-state index is 0.279. The lowest BCUT2D eigenvalue weighted by Gasteiger charge is -1.98. The van der Waals surface area contributed by atoms with E-state index in [4.69, 9.17) is 5.21 Å². The molecule has 0 aliphatic heterocycles. The Morgan fingerprint density at radius 3 is 3.00 bits per heavy atom. The molecule has 1 aliphatic rings. The molecule has 1 heterocycles. The van der Waals surface area contributed by atoms with Crippen molar-refractivity contribution < 1.29 is 5.21 Å². The van der Waals surface area contributed by atoms with Crippen molar-refractivity contribution in [1.82, 2.24) is 15.2 Å². The molecule has 0 saturated carbocycles. The minimum Gasteiger partial charge on any atom is -0.407 e. The second-order valence-corrected chi connectivity index (χ2v) is 3.44. The van der Waals surface area contributed by atoms with Crippen LogP contribution in [0.15, 0.2) is 29.1 Å². The molecule has 5 heteroatoms. The fourth-order valence-corrected chi connectivity index (χ4v) is 1.90. The van der Waals surface area contributed by atoms with E-state index in [1.165, 1.54) is 0 Å². The zero-order chi connectivity index (χ0) is 10.4. The van der Waals surface area contributed by atoms with E-state index < -0.39 is 5.56 Å². The summed E-state index contributed by atoms with van der Waals surface area (Å²) in [6.45, 7) is 0. The summed E-state index contributed by atoms with van der Waals surface area (Å²) in [6.07, 6.45) is 0.606. The second kappa shape index (κ2) is 2.66. The monoisotopic (exact) mass is 201 g/mol. The molecule has 2 aromatic rings. The molecule has 0 atom stereocenters. The fraction of sp³-hybridized carbons (Fsp3) is 0.100. The van der Waals surface area contributed by atoms with Crippen LogP contribution in [0.4, 0.5) is 0 Å². The summed E-state index contributed by atoms with van der Waals surface area (Å²) in [5.41, 5.74) is 2.47. The van der Waals surface area contributed by atoms with Crippen LogP contribution in [-0.2, 0) is 6.42 Å². The first-order valence-electron chi connectivity index (χ1n) is 4.54. The maximum atomic E-state index is 11.6. The predicted octanol–water partition coefficient (Wildman–Crippen LogP) is 0.447. The van der Waals surface area contributed by atoms with Crippen LogP contribution >= 0.6 is 0 Å². The SMILES string of the molecule is O=c1c2c(nnn1O)Cc1ccccc1-2. The van der Waals surface area contributed by atoms with Crippen LogP contribution in [0.3, 0.4) is 0 Å². The van der Waals surface area contributed by atoms with Crippen molar-refractivity contribution in [3.63, 3.8) is 0 Å². The summed E-state index contributed by atoms with van der Waals surface area (Å²) in [6, 6.07) is 7.56. The Morgan fingerprint density at radius 2 is 2.13 bits per heavy atom. The molecule has 1 aliphatic carbocycles. The Kier molecular flexibility index (Phi) is 1.45. The van der Waals surface area contributed by atoms with Crippen LogP contribution in [0.2, 0.25) is 0 Å². The third kappa shape index (κ3) is 0.999. The van der Waals surface area contributed by atoms with Crippen molar-refractivity contribution in [1.29, 1.82) is 0 Å². The number of hydrogen-bond acceptors (Lipinski definition) is 4. The molecule has 1 aromatic heterocycles. The Bertz CT molecular complexity index is 604. The molecular formula is C10H7N3O2. The van der Waals surface area contributed by atoms with Crippen molar-refractivity contribution in [3.05, 3.63) is 45.9 Å². The number of hydrogen-bond donors (Lipinski definition) is 1. The first kappa shape index (κ1) is 8.16. The van der Waals surface area contributed by atoms with E-state index in [0.29, 0.717) is 17.7 Å². The first-order chi connectivity index (χ1) is 7.27. The van der Waals surface area contributed by atoms with E-state index >= 15 is 0 Å². The Labute approximate surface area is 84.6 Å². The van der Waals surface area contributed by atoms with Gasteiger partial charge in [-0.15, -0.1) is 5.10 Å². The second-order valence-electron chi connectivity index (χ2n) is 3.44. The van der Waals surface area contributed by atoms with Gasteiger partial charge in [0.2, 0.25) is 0 Å². The van der Waals surface area contributed by atoms with Gasteiger partial charge in [0.05, 0.1) is 11.3 Å². The summed E-state index contributed by atoms with van der Waals surface area (Å²) in [7, 11) is 0. The highest BCUT2D eigenvalue weighted by atomic mass is 16.5. The summed E-state index contributed by atoms with van der Waals surface area (Å²) in [4.78, 5) is 11.9. The Hall–Kier alpha value is -2.17. The predicted molar refractivity (Wildman–Crippen MR) is 51.7 cm³/mol. The van der Waals surface area contributed by atoms with E-state index in [2.05, 4.69) is 10.3 Å². The van der Waals surface area contributed by atoms with Crippen LogP contribution < -0.4 is 5.56 Å². The molecule has 0 fully saturated rings. The summed E-state index contributed by atoms with van der Waals surface area (Å²) in [5.74, 6) is 0. The highest BCUT2D eigenvalue weighted by Gasteiger charge is 2.24. The number of nitrogens with zero attached hydrogens (tertiary/aromatic N) is 3. The van der Waals surface area contributed by atoms with Crippen LogP contribution in [0.5, 0.6) is 0 Å². The number of rotatable bonds is 0. The third-order valence-electron chi connectivity index (χ3n) is 2.58. The molecule has 74 valence electrons. The average Bonchev–Trinajstić information content (AvgIpc) is 2.62. The van der Waals surface area contributed by atoms with Crippen LogP contribution in [0, 0.1) is 0 Å². The van der Waals surface area contributed by atoms with E-state index in [1.54, 1.807) is 0 Å². The lowest BCUT2D eigenvalue weighted by atomic mass is 10.1. The summed E-state index contributed by atoms with van der Waals surface area (Å²) < 4.78 is 0. The molecule has 5 nitrogen and oxygen atoms in total. The summed E-state index contributed by atoms with van der Waals surface area (Å²) >= 11 is 0. The highest BCUT2D eigenvalue weighted by molar-refractivity contribution is 5.74. The van der Waals surface area contributed by atoms with Gasteiger partial charge < -0.3 is 5.21 Å². The van der Waals surface area contributed by atoms with Crippen molar-refractivity contribution in [2.75, 3.05) is 0 Å². The summed E-state index contributed by atoms with van der Waals surface area (Å²) in [5, 5.41) is 16.3. The van der Waals surface area contributed by atoms with Gasteiger partial charge in [0.25, 0.3) is 0 Å². The molecule has 1 N–H and O–H groups in total. The number of aromatic nitrogens is 3. The molecule has 0 unspecified atom stereocenters. The number of fused-ring (bicyclic) bond motifs is 3. The maximum Gasteiger partial charge on any atom is 0.314 e. The quantitative estimate of drug-likeness (QED) is 0.536. The lowest BCUT2D eigenvalue weighted by molar-refractivity contribution is 0.125. The molecule has 0 bridgehead atoms. The molecule has 1 aromatic carbocycles. The van der Waals surface area contributed by atoms with Crippen LogP contribution in [0.1, 0.15) is 11.3 Å². The van der Waals surface area contributed by atoms with E-state index in [0.717, 1.165) is 11.1 Å². The average molecular weight is 201 g/mol. The smallest absolute Gasteiger partial charge is 0.314 e. The van der Waals surface area contributed by atoms with Gasteiger partial charge in [-0.05, 0) is 21.2 Å². The van der Waals surface area contributed by atoms with Crippen molar-refractivity contribution in [2.24, 2.45) is 0 Å². The van der Waals surface area contributed by atoms with Crippen LogP contribution in [-0.4, -0.2) is 20.4 Å². The lowest BCUT2D eigenvalue weighted by Crippen LogP contribution is -2.24. The van der Waals surface area contributed by atoms with Crippen molar-refractivity contribution in [3.8, 4) is 11.1 Å². The molecule has 15 heavy (non-hydrogen) atoms. The minimum atomic E-state index is -0.509. The van der Waals surface area contributed by atoms with Gasteiger partial charge in [-0.3, -0.25) is 4.79 Å². The van der Waals surface area contributed by atoms with Crippen molar-refractivity contribution in [2.45, 2.75) is 6.42 Å². The molecule has 0 saturated heterocycles. The van der Waals surface area contributed by atoms with Gasteiger partial charge >= 0.3 is 5.56 Å².